The van der Waals surface area contributed by atoms with E-state index >= 15 is 0 Å². The van der Waals surface area contributed by atoms with E-state index in [1.807, 2.05) is 12.1 Å². The van der Waals surface area contributed by atoms with E-state index in [1.54, 1.807) is 24.4 Å². The second-order valence-electron chi connectivity index (χ2n) is 4.38. The molecule has 0 aliphatic rings. The number of rotatable bonds is 5. The quantitative estimate of drug-likeness (QED) is 0.660. The molecule has 0 radical (unpaired) electrons. The van der Waals surface area contributed by atoms with Crippen LogP contribution in [0.5, 0.6) is 0 Å². The normalized spacial score (nSPS) is 11.9. The number of hydrogen-bond acceptors (Lipinski definition) is 4. The Morgan fingerprint density at radius 1 is 1.24 bits per heavy atom. The monoisotopic (exact) mass is 289 g/mol. The van der Waals surface area contributed by atoms with Gasteiger partial charge in [0.1, 0.15) is 6.04 Å². The Labute approximate surface area is 120 Å². The number of urea groups is 1. The van der Waals surface area contributed by atoms with Gasteiger partial charge in [-0.1, -0.05) is 18.2 Å². The van der Waals surface area contributed by atoms with Gasteiger partial charge in [0.25, 0.3) is 0 Å². The van der Waals surface area contributed by atoms with Gasteiger partial charge in [0.15, 0.2) is 0 Å². The first-order valence-electron chi connectivity index (χ1n) is 6.36. The van der Waals surface area contributed by atoms with Crippen LogP contribution < -0.4 is 10.6 Å². The van der Waals surface area contributed by atoms with Crippen LogP contribution in [0, 0.1) is 0 Å². The van der Waals surface area contributed by atoms with Crippen molar-refractivity contribution in [2.24, 2.45) is 0 Å². The lowest BCUT2D eigenvalue weighted by Gasteiger charge is -2.14. The van der Waals surface area contributed by atoms with Crippen molar-refractivity contribution in [1.82, 2.24) is 10.3 Å². The van der Waals surface area contributed by atoms with Crippen LogP contribution in [0.15, 0.2) is 36.5 Å². The number of aliphatic hydroxyl groups is 1. The van der Waals surface area contributed by atoms with Crippen LogP contribution >= 0.6 is 0 Å². The molecule has 1 atom stereocenters. The van der Waals surface area contributed by atoms with Crippen molar-refractivity contribution in [3.05, 3.63) is 36.5 Å². The van der Waals surface area contributed by atoms with E-state index in [-0.39, 0.29) is 13.0 Å². The number of anilines is 1. The highest BCUT2D eigenvalue weighted by Gasteiger charge is 2.19. The van der Waals surface area contributed by atoms with Crippen molar-refractivity contribution < 1.29 is 19.8 Å². The molecular formula is C14H15N3O4. The summed E-state index contributed by atoms with van der Waals surface area (Å²) in [6.07, 6.45) is 1.55. The summed E-state index contributed by atoms with van der Waals surface area (Å²) in [6, 6.07) is 7.15. The fourth-order valence-corrected chi connectivity index (χ4v) is 1.91. The third-order valence-corrected chi connectivity index (χ3v) is 2.90. The highest BCUT2D eigenvalue weighted by atomic mass is 16.4. The van der Waals surface area contributed by atoms with Gasteiger partial charge in [-0.15, -0.1) is 0 Å². The Morgan fingerprint density at radius 2 is 2.00 bits per heavy atom. The van der Waals surface area contributed by atoms with Crippen LogP contribution in [-0.2, 0) is 4.79 Å². The number of carbonyl (C=O) groups is 2. The summed E-state index contributed by atoms with van der Waals surface area (Å²) in [5.74, 6) is -1.20. The lowest BCUT2D eigenvalue weighted by Crippen LogP contribution is -2.43. The van der Waals surface area contributed by atoms with Gasteiger partial charge in [0.2, 0.25) is 0 Å². The molecule has 2 aromatic rings. The molecule has 4 N–H and O–H groups in total. The zero-order chi connectivity index (χ0) is 15.2. The van der Waals surface area contributed by atoms with E-state index in [4.69, 9.17) is 10.2 Å². The molecular weight excluding hydrogens is 274 g/mol. The molecule has 0 fully saturated rings. The van der Waals surface area contributed by atoms with Crippen LogP contribution in [0.4, 0.5) is 10.5 Å². The van der Waals surface area contributed by atoms with Gasteiger partial charge in [-0.2, -0.15) is 0 Å². The third kappa shape index (κ3) is 3.67. The Hall–Kier alpha value is -2.67. The van der Waals surface area contributed by atoms with Crippen molar-refractivity contribution in [3.8, 4) is 0 Å². The number of aliphatic hydroxyl groups excluding tert-OH is 1. The second kappa shape index (κ2) is 6.67. The first-order valence-corrected chi connectivity index (χ1v) is 6.36. The van der Waals surface area contributed by atoms with Gasteiger partial charge in [-0.05, 0) is 12.1 Å². The number of carboxylic acid groups (broad SMARTS) is 1. The van der Waals surface area contributed by atoms with Crippen molar-refractivity contribution in [2.45, 2.75) is 12.5 Å². The van der Waals surface area contributed by atoms with Crippen molar-refractivity contribution >= 4 is 28.6 Å². The predicted octanol–water partition coefficient (Wildman–Crippen LogP) is 1.19. The molecule has 7 nitrogen and oxygen atoms in total. The summed E-state index contributed by atoms with van der Waals surface area (Å²) in [5, 5.41) is 23.4. The molecule has 2 rings (SSSR count). The van der Waals surface area contributed by atoms with Gasteiger partial charge < -0.3 is 20.8 Å². The molecule has 110 valence electrons. The van der Waals surface area contributed by atoms with Crippen molar-refractivity contribution in [1.29, 1.82) is 0 Å². The summed E-state index contributed by atoms with van der Waals surface area (Å²) in [5.41, 5.74) is 1.10. The minimum atomic E-state index is -1.20. The maximum Gasteiger partial charge on any atom is 0.326 e. The van der Waals surface area contributed by atoms with Gasteiger partial charge >= 0.3 is 12.0 Å². The molecule has 1 aromatic carbocycles. The minimum absolute atomic E-state index is 0.0590. The molecule has 1 heterocycles. The molecule has 0 spiro atoms. The number of aliphatic carboxylic acids is 1. The number of carboxylic acids is 1. The lowest BCUT2D eigenvalue weighted by atomic mass is 10.2. The molecule has 0 aliphatic heterocycles. The van der Waals surface area contributed by atoms with Crippen molar-refractivity contribution in [3.63, 3.8) is 0 Å². The molecule has 7 heteroatoms. The molecule has 0 unspecified atom stereocenters. The summed E-state index contributed by atoms with van der Waals surface area (Å²) in [4.78, 5) is 27.0. The lowest BCUT2D eigenvalue weighted by molar-refractivity contribution is -0.139. The first kappa shape index (κ1) is 14.7. The number of benzene rings is 1. The minimum Gasteiger partial charge on any atom is -0.480 e. The van der Waals surface area contributed by atoms with Crippen LogP contribution in [0.3, 0.4) is 0 Å². The van der Waals surface area contributed by atoms with Gasteiger partial charge in [-0.25, -0.2) is 9.59 Å². The van der Waals surface area contributed by atoms with Crippen LogP contribution in [-0.4, -0.2) is 39.8 Å². The first-order chi connectivity index (χ1) is 10.1. The molecule has 21 heavy (non-hydrogen) atoms. The van der Waals surface area contributed by atoms with E-state index in [2.05, 4.69) is 15.6 Å². The molecule has 0 bridgehead atoms. The number of carbonyl (C=O) groups excluding carboxylic acids is 1. The number of nitrogens with one attached hydrogen (secondary N) is 2. The van der Waals surface area contributed by atoms with Crippen molar-refractivity contribution in [2.75, 3.05) is 11.9 Å². The fraction of sp³-hybridized carbons (Fsp3) is 0.214. The Morgan fingerprint density at radius 3 is 2.71 bits per heavy atom. The van der Waals surface area contributed by atoms with Crippen LogP contribution in [0.2, 0.25) is 0 Å². The zero-order valence-corrected chi connectivity index (χ0v) is 11.1. The fourth-order valence-electron chi connectivity index (χ4n) is 1.91. The number of aromatic nitrogens is 1. The topological polar surface area (TPSA) is 112 Å². The summed E-state index contributed by atoms with van der Waals surface area (Å²) in [6.45, 7) is -0.326. The smallest absolute Gasteiger partial charge is 0.326 e. The maximum atomic E-state index is 11.9. The highest BCUT2D eigenvalue weighted by Crippen LogP contribution is 2.20. The Bertz CT molecular complexity index is 654. The van der Waals surface area contributed by atoms with Crippen LogP contribution in [0.25, 0.3) is 10.9 Å². The third-order valence-electron chi connectivity index (χ3n) is 2.90. The number of hydrogen-bond donors (Lipinski definition) is 4. The van der Waals surface area contributed by atoms with E-state index in [0.717, 1.165) is 5.39 Å². The zero-order valence-electron chi connectivity index (χ0n) is 11.1. The summed E-state index contributed by atoms with van der Waals surface area (Å²) in [7, 11) is 0. The SMILES string of the molecule is O=C(Nc1cccc2cccnc12)N[C@H](CCO)C(=O)O. The summed E-state index contributed by atoms with van der Waals surface area (Å²) < 4.78 is 0. The number of pyridine rings is 1. The van der Waals surface area contributed by atoms with E-state index in [1.165, 1.54) is 0 Å². The molecule has 2 amide bonds. The molecule has 0 saturated carbocycles. The average molecular weight is 289 g/mol. The Balaban J connectivity index is 2.13. The standard InChI is InChI=1S/C14H15N3O4/c18-8-6-11(13(19)20)17-14(21)16-10-5-1-3-9-4-2-7-15-12(9)10/h1-5,7,11,18H,6,8H2,(H,19,20)(H2,16,17,21)/t11-/m1/s1. The second-order valence-corrected chi connectivity index (χ2v) is 4.38. The van der Waals surface area contributed by atoms with Crippen LogP contribution in [0.1, 0.15) is 6.42 Å². The Kier molecular flexibility index (Phi) is 4.68. The number of amides is 2. The summed E-state index contributed by atoms with van der Waals surface area (Å²) >= 11 is 0. The van der Waals surface area contributed by atoms with E-state index in [0.29, 0.717) is 11.2 Å². The largest absolute Gasteiger partial charge is 0.480 e. The molecule has 0 saturated heterocycles. The average Bonchev–Trinajstić information content (AvgIpc) is 2.47. The molecule has 1 aromatic heterocycles. The predicted molar refractivity (Wildman–Crippen MR) is 77.0 cm³/mol. The van der Waals surface area contributed by atoms with E-state index < -0.39 is 18.0 Å². The van der Waals surface area contributed by atoms with Gasteiger partial charge in [0, 0.05) is 24.6 Å². The van der Waals surface area contributed by atoms with E-state index in [9.17, 15) is 9.59 Å². The number of fused-ring (bicyclic) bond motifs is 1. The van der Waals surface area contributed by atoms with Gasteiger partial charge in [-0.3, -0.25) is 4.98 Å². The highest BCUT2D eigenvalue weighted by molar-refractivity contribution is 6.00. The number of para-hydroxylation sites is 1. The van der Waals surface area contributed by atoms with Gasteiger partial charge in [0.05, 0.1) is 11.2 Å². The maximum absolute atomic E-state index is 11.9. The number of nitrogens with zero attached hydrogens (tertiary/aromatic N) is 1. The molecule has 0 aliphatic carbocycles.